The molecule has 0 unspecified atom stereocenters. The number of imidazole rings is 1. The van der Waals surface area contributed by atoms with E-state index >= 15 is 0 Å². The van der Waals surface area contributed by atoms with Gasteiger partial charge in [-0.3, -0.25) is 14.8 Å². The summed E-state index contributed by atoms with van der Waals surface area (Å²) < 4.78 is 2.01. The Bertz CT molecular complexity index is 834. The van der Waals surface area contributed by atoms with Gasteiger partial charge in [0.1, 0.15) is 22.2 Å². The Kier molecular flexibility index (Phi) is 4.01. The number of amides is 1. The topological polar surface area (TPSA) is 97.6 Å². The molecule has 9 heteroatoms. The molecule has 3 aromatic rings. The van der Waals surface area contributed by atoms with E-state index in [0.717, 1.165) is 35.3 Å². The van der Waals surface area contributed by atoms with E-state index in [1.54, 1.807) is 24.8 Å². The highest BCUT2D eigenvalue weighted by Crippen LogP contribution is 2.20. The van der Waals surface area contributed by atoms with Gasteiger partial charge in [0.2, 0.25) is 0 Å². The van der Waals surface area contributed by atoms with E-state index in [1.807, 2.05) is 9.95 Å². The van der Waals surface area contributed by atoms with Crippen molar-refractivity contribution in [3.63, 3.8) is 0 Å². The number of aromatic nitrogens is 5. The number of hydrogen-bond donors (Lipinski definition) is 2. The first-order valence-electron chi connectivity index (χ1n) is 7.55. The summed E-state index contributed by atoms with van der Waals surface area (Å²) in [4.78, 5) is 29.4. The van der Waals surface area contributed by atoms with Crippen molar-refractivity contribution < 1.29 is 4.79 Å². The van der Waals surface area contributed by atoms with Crippen LogP contribution in [-0.2, 0) is 19.6 Å². The zero-order valence-corrected chi connectivity index (χ0v) is 13.6. The second-order valence-corrected chi connectivity index (χ2v) is 6.19. The van der Waals surface area contributed by atoms with Crippen LogP contribution in [0.15, 0.2) is 30.2 Å². The van der Waals surface area contributed by atoms with Gasteiger partial charge in [0.25, 0.3) is 5.91 Å². The Morgan fingerprint density at radius 2 is 2.33 bits per heavy atom. The fraction of sp³-hybridized carbons (Fsp3) is 0.267. The average Bonchev–Trinajstić information content (AvgIpc) is 3.27. The van der Waals surface area contributed by atoms with Crippen molar-refractivity contribution in [3.05, 3.63) is 47.4 Å². The maximum atomic E-state index is 12.3. The summed E-state index contributed by atoms with van der Waals surface area (Å²) in [5, 5.41) is 8.79. The molecule has 122 valence electrons. The number of carbonyl (C=O) groups is 1. The molecule has 0 atom stereocenters. The van der Waals surface area contributed by atoms with Crippen LogP contribution in [-0.4, -0.2) is 37.0 Å². The third-order valence-electron chi connectivity index (χ3n) is 3.67. The van der Waals surface area contributed by atoms with Crippen LogP contribution < -0.4 is 10.6 Å². The molecule has 0 aliphatic carbocycles. The molecule has 24 heavy (non-hydrogen) atoms. The summed E-state index contributed by atoms with van der Waals surface area (Å²) in [6, 6.07) is 0. The average molecular weight is 341 g/mol. The summed E-state index contributed by atoms with van der Waals surface area (Å²) in [6.07, 6.45) is 6.73. The molecule has 0 fully saturated rings. The minimum Gasteiger partial charge on any atom is -0.345 e. The van der Waals surface area contributed by atoms with E-state index in [0.29, 0.717) is 18.8 Å². The maximum absolute atomic E-state index is 12.3. The first-order valence-corrected chi connectivity index (χ1v) is 8.43. The predicted octanol–water partition coefficient (Wildman–Crippen LogP) is 0.830. The number of hydrogen-bond acceptors (Lipinski definition) is 7. The van der Waals surface area contributed by atoms with Crippen molar-refractivity contribution in [2.75, 3.05) is 6.54 Å². The van der Waals surface area contributed by atoms with E-state index in [-0.39, 0.29) is 5.91 Å². The standard InChI is InChI=1S/C15H15N7OS/c23-14(12-8-22-4-3-17-7-13(22)21-12)19-5-10-9-24-15(20-10)11-6-16-1-2-18-11/h1-2,6,8-9,17H,3-5,7H2,(H,19,23). The van der Waals surface area contributed by atoms with Crippen LogP contribution in [0.5, 0.6) is 0 Å². The van der Waals surface area contributed by atoms with Crippen molar-refractivity contribution in [2.24, 2.45) is 0 Å². The van der Waals surface area contributed by atoms with Crippen molar-refractivity contribution >= 4 is 17.2 Å². The molecule has 2 N–H and O–H groups in total. The summed E-state index contributed by atoms with van der Waals surface area (Å²) in [6.45, 7) is 2.79. The second-order valence-electron chi connectivity index (χ2n) is 5.33. The van der Waals surface area contributed by atoms with Crippen LogP contribution in [0.1, 0.15) is 22.0 Å². The van der Waals surface area contributed by atoms with E-state index in [2.05, 4.69) is 30.6 Å². The van der Waals surface area contributed by atoms with Crippen LogP contribution in [0, 0.1) is 0 Å². The molecule has 0 bridgehead atoms. The van der Waals surface area contributed by atoms with Gasteiger partial charge in [0.05, 0.1) is 25.0 Å². The quantitative estimate of drug-likeness (QED) is 0.729. The highest BCUT2D eigenvalue weighted by Gasteiger charge is 2.16. The Morgan fingerprint density at radius 3 is 3.17 bits per heavy atom. The van der Waals surface area contributed by atoms with Crippen molar-refractivity contribution in [2.45, 2.75) is 19.6 Å². The molecule has 0 aromatic carbocycles. The van der Waals surface area contributed by atoms with E-state index in [1.165, 1.54) is 11.3 Å². The number of carbonyl (C=O) groups excluding carboxylic acids is 1. The lowest BCUT2D eigenvalue weighted by Crippen LogP contribution is -2.27. The molecule has 0 spiro atoms. The van der Waals surface area contributed by atoms with Gasteiger partial charge in [0, 0.05) is 37.1 Å². The molecule has 1 aliphatic rings. The number of rotatable bonds is 4. The predicted molar refractivity (Wildman–Crippen MR) is 88.2 cm³/mol. The van der Waals surface area contributed by atoms with Crippen molar-refractivity contribution in [1.82, 2.24) is 35.1 Å². The molecule has 0 radical (unpaired) electrons. The highest BCUT2D eigenvalue weighted by molar-refractivity contribution is 7.13. The molecule has 3 aromatic heterocycles. The third kappa shape index (κ3) is 3.03. The lowest BCUT2D eigenvalue weighted by atomic mass is 10.4. The van der Waals surface area contributed by atoms with Gasteiger partial charge in [-0.05, 0) is 0 Å². The Hall–Kier alpha value is -2.65. The molecule has 0 saturated heterocycles. The molecule has 1 aliphatic heterocycles. The van der Waals surface area contributed by atoms with E-state index in [4.69, 9.17) is 0 Å². The van der Waals surface area contributed by atoms with Gasteiger partial charge >= 0.3 is 0 Å². The molecule has 1 amide bonds. The molecule has 8 nitrogen and oxygen atoms in total. The molecular weight excluding hydrogens is 326 g/mol. The summed E-state index contributed by atoms with van der Waals surface area (Å²) in [5.41, 5.74) is 1.96. The normalized spacial score (nSPS) is 13.5. The fourth-order valence-corrected chi connectivity index (χ4v) is 3.25. The number of nitrogens with one attached hydrogen (secondary N) is 2. The Labute approximate surface area is 142 Å². The molecule has 4 rings (SSSR count). The van der Waals surface area contributed by atoms with Crippen LogP contribution in [0.25, 0.3) is 10.7 Å². The van der Waals surface area contributed by atoms with Crippen LogP contribution >= 0.6 is 11.3 Å². The highest BCUT2D eigenvalue weighted by atomic mass is 32.1. The van der Waals surface area contributed by atoms with Gasteiger partial charge in [-0.2, -0.15) is 0 Å². The summed E-state index contributed by atoms with van der Waals surface area (Å²) in [7, 11) is 0. The number of thiazole rings is 1. The lowest BCUT2D eigenvalue weighted by Gasteiger charge is -2.13. The summed E-state index contributed by atoms with van der Waals surface area (Å²) in [5.74, 6) is 0.705. The van der Waals surface area contributed by atoms with Crippen molar-refractivity contribution in [3.8, 4) is 10.7 Å². The van der Waals surface area contributed by atoms with Crippen LogP contribution in [0.4, 0.5) is 0 Å². The van der Waals surface area contributed by atoms with Crippen LogP contribution in [0.3, 0.4) is 0 Å². The molecule has 4 heterocycles. The maximum Gasteiger partial charge on any atom is 0.271 e. The van der Waals surface area contributed by atoms with Gasteiger partial charge in [0.15, 0.2) is 0 Å². The Balaban J connectivity index is 1.41. The minimum absolute atomic E-state index is 0.189. The number of fused-ring (bicyclic) bond motifs is 1. The van der Waals surface area contributed by atoms with E-state index < -0.39 is 0 Å². The van der Waals surface area contributed by atoms with Crippen LogP contribution in [0.2, 0.25) is 0 Å². The zero-order valence-electron chi connectivity index (χ0n) is 12.8. The number of nitrogens with zero attached hydrogens (tertiary/aromatic N) is 5. The lowest BCUT2D eigenvalue weighted by molar-refractivity contribution is 0.0945. The first-order chi connectivity index (χ1) is 11.8. The monoisotopic (exact) mass is 341 g/mol. The summed E-state index contributed by atoms with van der Waals surface area (Å²) >= 11 is 1.48. The Morgan fingerprint density at radius 1 is 1.38 bits per heavy atom. The largest absolute Gasteiger partial charge is 0.345 e. The van der Waals surface area contributed by atoms with Crippen molar-refractivity contribution in [1.29, 1.82) is 0 Å². The van der Waals surface area contributed by atoms with Gasteiger partial charge < -0.3 is 15.2 Å². The van der Waals surface area contributed by atoms with Gasteiger partial charge in [-0.25, -0.2) is 9.97 Å². The zero-order chi connectivity index (χ0) is 16.4. The van der Waals surface area contributed by atoms with Gasteiger partial charge in [-0.15, -0.1) is 11.3 Å². The molecular formula is C15H15N7OS. The van der Waals surface area contributed by atoms with Gasteiger partial charge in [-0.1, -0.05) is 0 Å². The third-order valence-corrected chi connectivity index (χ3v) is 4.58. The fourth-order valence-electron chi connectivity index (χ4n) is 2.47. The van der Waals surface area contributed by atoms with E-state index in [9.17, 15) is 4.79 Å². The smallest absolute Gasteiger partial charge is 0.271 e. The molecule has 0 saturated carbocycles. The first kappa shape index (κ1) is 14.9. The SMILES string of the molecule is O=C(NCc1csc(-c2cnccn2)n1)c1cn2c(n1)CNCC2. The minimum atomic E-state index is -0.189. The second kappa shape index (κ2) is 6.46.